The molecule has 0 aliphatic carbocycles. The summed E-state index contributed by atoms with van der Waals surface area (Å²) < 4.78 is 4.85. The predicted molar refractivity (Wildman–Crippen MR) is 203 cm³/mol. The molecule has 10 aromatic rings. The highest BCUT2D eigenvalue weighted by atomic mass is 32.1. The fraction of sp³-hybridized carbons (Fsp3) is 0. The van der Waals surface area contributed by atoms with Crippen LogP contribution in [-0.2, 0) is 0 Å². The lowest BCUT2D eigenvalue weighted by Crippen LogP contribution is -2.00. The molecule has 48 heavy (non-hydrogen) atoms. The van der Waals surface area contributed by atoms with E-state index >= 15 is 0 Å². The smallest absolute Gasteiger partial charge is 0.234 e. The number of hydrogen-bond donors (Lipinski definition) is 0. The van der Waals surface area contributed by atoms with E-state index in [4.69, 9.17) is 9.97 Å². The summed E-state index contributed by atoms with van der Waals surface area (Å²) in [7, 11) is 0. The van der Waals surface area contributed by atoms with Gasteiger partial charge in [-0.2, -0.15) is 0 Å². The van der Waals surface area contributed by atoms with Crippen molar-refractivity contribution in [2.45, 2.75) is 0 Å². The van der Waals surface area contributed by atoms with Gasteiger partial charge in [0.1, 0.15) is 0 Å². The Balaban J connectivity index is 1.15. The maximum atomic E-state index is 5.03. The summed E-state index contributed by atoms with van der Waals surface area (Å²) in [4.78, 5) is 10.1. The third kappa shape index (κ3) is 4.27. The second kappa shape index (κ2) is 10.7. The fourth-order valence-corrected chi connectivity index (χ4v) is 8.39. The van der Waals surface area contributed by atoms with Gasteiger partial charge in [-0.25, -0.2) is 9.97 Å². The van der Waals surface area contributed by atoms with Crippen molar-refractivity contribution in [2.75, 3.05) is 0 Å². The van der Waals surface area contributed by atoms with E-state index < -0.39 is 0 Å². The molecule has 3 aromatic heterocycles. The van der Waals surface area contributed by atoms with Gasteiger partial charge in [0.05, 0.1) is 11.0 Å². The first-order valence-corrected chi connectivity index (χ1v) is 17.0. The second-order valence-corrected chi connectivity index (χ2v) is 13.3. The van der Waals surface area contributed by atoms with Gasteiger partial charge in [-0.15, -0.1) is 11.3 Å². The molecule has 3 heterocycles. The first kappa shape index (κ1) is 27.1. The Labute approximate surface area is 281 Å². The summed E-state index contributed by atoms with van der Waals surface area (Å²) in [6, 6.07) is 54.3. The minimum Gasteiger partial charge on any atom is -0.278 e. The molecule has 0 atom stereocenters. The van der Waals surface area contributed by atoms with Crippen LogP contribution in [0.3, 0.4) is 0 Å². The van der Waals surface area contributed by atoms with Crippen LogP contribution in [0, 0.1) is 0 Å². The Hall–Kier alpha value is -6.10. The largest absolute Gasteiger partial charge is 0.278 e. The molecule has 0 aliphatic heterocycles. The number of benzene rings is 7. The van der Waals surface area contributed by atoms with E-state index in [0.29, 0.717) is 5.95 Å². The molecule has 7 aromatic carbocycles. The minimum absolute atomic E-state index is 0.662. The van der Waals surface area contributed by atoms with Crippen molar-refractivity contribution in [3.8, 4) is 39.3 Å². The first-order chi connectivity index (χ1) is 23.8. The highest BCUT2D eigenvalue weighted by molar-refractivity contribution is 7.26. The van der Waals surface area contributed by atoms with Crippen molar-refractivity contribution in [3.05, 3.63) is 164 Å². The van der Waals surface area contributed by atoms with Gasteiger partial charge in [-0.1, -0.05) is 109 Å². The summed E-state index contributed by atoms with van der Waals surface area (Å²) >= 11 is 1.87. The standard InChI is InChI=1S/C44H27N3S/c1-3-11-28(12-4-1)31-21-32(29-13-5-2-6-14-29)23-33(22-31)34-26-45-44(46-27-34)47-40-17-9-7-15-35(40)39-24-30-19-20-37-36-16-8-10-18-42(36)48-43(37)38(30)25-41(39)47/h1-27H. The average molecular weight is 630 g/mol. The zero-order valence-corrected chi connectivity index (χ0v) is 26.7. The Morgan fingerprint density at radius 2 is 1.00 bits per heavy atom. The summed E-state index contributed by atoms with van der Waals surface area (Å²) in [5.74, 6) is 0.662. The molecule has 224 valence electrons. The molecule has 0 bridgehead atoms. The Morgan fingerprint density at radius 3 is 1.71 bits per heavy atom. The van der Waals surface area contributed by atoms with Crippen LogP contribution in [0.25, 0.3) is 92.1 Å². The van der Waals surface area contributed by atoms with E-state index in [2.05, 4.69) is 156 Å². The first-order valence-electron chi connectivity index (χ1n) is 16.1. The van der Waals surface area contributed by atoms with Crippen LogP contribution >= 0.6 is 11.3 Å². The number of para-hydroxylation sites is 1. The molecular formula is C44H27N3S. The summed E-state index contributed by atoms with van der Waals surface area (Å²) in [6.45, 7) is 0. The zero-order valence-electron chi connectivity index (χ0n) is 25.8. The predicted octanol–water partition coefficient (Wildman–Crippen LogP) is 12.1. The van der Waals surface area contributed by atoms with Gasteiger partial charge in [-0.3, -0.25) is 4.57 Å². The van der Waals surface area contributed by atoms with Crippen LogP contribution in [0.1, 0.15) is 0 Å². The number of nitrogens with zero attached hydrogens (tertiary/aromatic N) is 3. The summed E-state index contributed by atoms with van der Waals surface area (Å²) in [6.07, 6.45) is 3.93. The van der Waals surface area contributed by atoms with E-state index in [1.165, 1.54) is 52.8 Å². The van der Waals surface area contributed by atoms with Crippen molar-refractivity contribution < 1.29 is 0 Å². The van der Waals surface area contributed by atoms with Gasteiger partial charge in [0.25, 0.3) is 0 Å². The minimum atomic E-state index is 0.662. The second-order valence-electron chi connectivity index (χ2n) is 12.3. The third-order valence-electron chi connectivity index (χ3n) is 9.47. The van der Waals surface area contributed by atoms with E-state index in [1.807, 2.05) is 23.7 Å². The monoisotopic (exact) mass is 629 g/mol. The highest BCUT2D eigenvalue weighted by Gasteiger charge is 2.17. The van der Waals surface area contributed by atoms with Gasteiger partial charge in [0, 0.05) is 54.3 Å². The normalized spacial score (nSPS) is 11.8. The Kier molecular flexibility index (Phi) is 6.05. The van der Waals surface area contributed by atoms with E-state index in [9.17, 15) is 0 Å². The zero-order chi connectivity index (χ0) is 31.6. The lowest BCUT2D eigenvalue weighted by molar-refractivity contribution is 0.991. The lowest BCUT2D eigenvalue weighted by Gasteiger charge is -2.12. The van der Waals surface area contributed by atoms with Crippen molar-refractivity contribution in [1.82, 2.24) is 14.5 Å². The fourth-order valence-electron chi connectivity index (χ4n) is 7.16. The van der Waals surface area contributed by atoms with Gasteiger partial charge in [0.2, 0.25) is 5.95 Å². The molecule has 0 fully saturated rings. The maximum Gasteiger partial charge on any atom is 0.234 e. The van der Waals surface area contributed by atoms with E-state index in [-0.39, 0.29) is 0 Å². The molecular weight excluding hydrogens is 603 g/mol. The number of thiophene rings is 1. The number of fused-ring (bicyclic) bond motifs is 8. The number of rotatable bonds is 4. The molecule has 0 unspecified atom stereocenters. The molecule has 0 radical (unpaired) electrons. The Morgan fingerprint density at radius 1 is 0.396 bits per heavy atom. The number of aromatic nitrogens is 3. The SMILES string of the molecule is c1ccc(-c2cc(-c3ccccc3)cc(-c3cnc(-n4c5ccccc5c5cc6ccc7c8ccccc8sc7c6cc54)nc3)c2)cc1. The lowest BCUT2D eigenvalue weighted by atomic mass is 9.94. The van der Waals surface area contributed by atoms with E-state index in [1.54, 1.807) is 0 Å². The summed E-state index contributed by atoms with van der Waals surface area (Å²) in [5, 5.41) is 7.52. The quantitative estimate of drug-likeness (QED) is 0.194. The van der Waals surface area contributed by atoms with Crippen molar-refractivity contribution >= 4 is 64.1 Å². The summed E-state index contributed by atoms with van der Waals surface area (Å²) in [5.41, 5.74) is 8.96. The molecule has 0 N–H and O–H groups in total. The van der Waals surface area contributed by atoms with Crippen molar-refractivity contribution in [1.29, 1.82) is 0 Å². The van der Waals surface area contributed by atoms with Crippen LogP contribution in [0.15, 0.2) is 164 Å². The third-order valence-corrected chi connectivity index (χ3v) is 10.7. The molecule has 0 saturated carbocycles. The molecule has 0 spiro atoms. The molecule has 0 aliphatic rings. The Bertz CT molecular complexity index is 2760. The molecule has 10 rings (SSSR count). The molecule has 0 saturated heterocycles. The van der Waals surface area contributed by atoms with Crippen LogP contribution in [-0.4, -0.2) is 14.5 Å². The average Bonchev–Trinajstić information content (AvgIpc) is 3.70. The van der Waals surface area contributed by atoms with Crippen molar-refractivity contribution in [3.63, 3.8) is 0 Å². The van der Waals surface area contributed by atoms with Crippen LogP contribution in [0.5, 0.6) is 0 Å². The topological polar surface area (TPSA) is 30.7 Å². The highest BCUT2D eigenvalue weighted by Crippen LogP contribution is 2.41. The number of hydrogen-bond acceptors (Lipinski definition) is 3. The maximum absolute atomic E-state index is 5.03. The van der Waals surface area contributed by atoms with Gasteiger partial charge in [0.15, 0.2) is 0 Å². The molecule has 4 heteroatoms. The van der Waals surface area contributed by atoms with Gasteiger partial charge >= 0.3 is 0 Å². The molecule has 0 amide bonds. The van der Waals surface area contributed by atoms with Crippen LogP contribution in [0.4, 0.5) is 0 Å². The van der Waals surface area contributed by atoms with Crippen molar-refractivity contribution in [2.24, 2.45) is 0 Å². The van der Waals surface area contributed by atoms with Gasteiger partial charge in [-0.05, 0) is 75.7 Å². The molecule has 3 nitrogen and oxygen atoms in total. The van der Waals surface area contributed by atoms with E-state index in [0.717, 1.165) is 33.3 Å². The van der Waals surface area contributed by atoms with Crippen LogP contribution < -0.4 is 0 Å². The van der Waals surface area contributed by atoms with Gasteiger partial charge < -0.3 is 0 Å². The van der Waals surface area contributed by atoms with Crippen LogP contribution in [0.2, 0.25) is 0 Å².